The molecule has 0 radical (unpaired) electrons. The molecule has 1 unspecified atom stereocenters. The Hall–Kier alpha value is -0.820. The smallest absolute Gasteiger partial charge is 0.0130 e. The predicted octanol–water partition coefficient (Wildman–Crippen LogP) is 6.08. The van der Waals surface area contributed by atoms with E-state index < -0.39 is 0 Å². The fourth-order valence-corrected chi connectivity index (χ4v) is 3.12. The van der Waals surface area contributed by atoms with Crippen LogP contribution in [0.4, 0.5) is 0 Å². The molecule has 0 aliphatic carbocycles. The van der Waals surface area contributed by atoms with E-state index in [0.29, 0.717) is 6.04 Å². The van der Waals surface area contributed by atoms with Crippen LogP contribution in [0, 0.1) is 0 Å². The van der Waals surface area contributed by atoms with Crippen LogP contribution in [0.1, 0.15) is 76.7 Å². The van der Waals surface area contributed by atoms with Crippen molar-refractivity contribution in [1.29, 1.82) is 0 Å². The first kappa shape index (κ1) is 19.2. The lowest BCUT2D eigenvalue weighted by atomic mass is 9.98. The second kappa shape index (κ2) is 12.7. The van der Waals surface area contributed by atoms with Crippen LogP contribution >= 0.6 is 0 Å². The molecule has 22 heavy (non-hydrogen) atoms. The molecule has 0 fully saturated rings. The SMILES string of the molecule is CCCCCCCCCCCC(Cc1ccccc1)N(C)C. The Labute approximate surface area is 139 Å². The Bertz CT molecular complexity index is 344. The molecule has 0 aliphatic heterocycles. The topological polar surface area (TPSA) is 3.24 Å². The summed E-state index contributed by atoms with van der Waals surface area (Å²) in [5.74, 6) is 0. The van der Waals surface area contributed by atoms with Gasteiger partial charge in [-0.05, 0) is 32.5 Å². The summed E-state index contributed by atoms with van der Waals surface area (Å²) in [7, 11) is 4.45. The third-order valence-corrected chi connectivity index (χ3v) is 4.69. The second-order valence-corrected chi connectivity index (χ2v) is 6.92. The molecule has 1 aromatic rings. The van der Waals surface area contributed by atoms with E-state index in [1.165, 1.54) is 76.2 Å². The van der Waals surface area contributed by atoms with Gasteiger partial charge in [0.2, 0.25) is 0 Å². The van der Waals surface area contributed by atoms with E-state index in [-0.39, 0.29) is 0 Å². The fraction of sp³-hybridized carbons (Fsp3) is 0.714. The van der Waals surface area contributed by atoms with E-state index in [4.69, 9.17) is 0 Å². The average Bonchev–Trinajstić information content (AvgIpc) is 2.53. The maximum atomic E-state index is 2.40. The second-order valence-electron chi connectivity index (χ2n) is 6.92. The van der Waals surface area contributed by atoms with Gasteiger partial charge in [-0.25, -0.2) is 0 Å². The zero-order chi connectivity index (χ0) is 16.0. The Kier molecular flexibility index (Phi) is 11.1. The summed E-state index contributed by atoms with van der Waals surface area (Å²) < 4.78 is 0. The minimum absolute atomic E-state index is 0.687. The highest BCUT2D eigenvalue weighted by Gasteiger charge is 2.11. The molecule has 1 aromatic carbocycles. The summed E-state index contributed by atoms with van der Waals surface area (Å²) in [6.45, 7) is 2.29. The molecule has 0 saturated carbocycles. The van der Waals surface area contributed by atoms with Crippen molar-refractivity contribution < 1.29 is 0 Å². The van der Waals surface area contributed by atoms with E-state index in [2.05, 4.69) is 56.3 Å². The number of rotatable bonds is 13. The largest absolute Gasteiger partial charge is 0.306 e. The van der Waals surface area contributed by atoms with E-state index in [1.54, 1.807) is 0 Å². The summed E-state index contributed by atoms with van der Waals surface area (Å²) in [6.07, 6.45) is 15.3. The van der Waals surface area contributed by atoms with Crippen LogP contribution < -0.4 is 0 Å². The van der Waals surface area contributed by atoms with Crippen LogP contribution in [-0.2, 0) is 6.42 Å². The van der Waals surface area contributed by atoms with Gasteiger partial charge in [-0.3, -0.25) is 0 Å². The van der Waals surface area contributed by atoms with Crippen molar-refractivity contribution in [3.63, 3.8) is 0 Å². The lowest BCUT2D eigenvalue weighted by molar-refractivity contribution is 0.269. The van der Waals surface area contributed by atoms with E-state index in [1.807, 2.05) is 0 Å². The van der Waals surface area contributed by atoms with E-state index in [0.717, 1.165) is 0 Å². The molecule has 0 N–H and O–H groups in total. The first-order chi connectivity index (χ1) is 10.7. The third kappa shape index (κ3) is 9.25. The monoisotopic (exact) mass is 303 g/mol. The number of benzene rings is 1. The molecule has 0 spiro atoms. The molecule has 1 atom stereocenters. The van der Waals surface area contributed by atoms with Gasteiger partial charge in [0, 0.05) is 6.04 Å². The molecular formula is C21H37N. The zero-order valence-electron chi connectivity index (χ0n) is 15.2. The minimum atomic E-state index is 0.687. The van der Waals surface area contributed by atoms with Gasteiger partial charge >= 0.3 is 0 Å². The molecule has 0 aromatic heterocycles. The van der Waals surface area contributed by atoms with Crippen molar-refractivity contribution in [3.8, 4) is 0 Å². The summed E-state index contributed by atoms with van der Waals surface area (Å²) in [5, 5.41) is 0. The third-order valence-electron chi connectivity index (χ3n) is 4.69. The number of hydrogen-bond acceptors (Lipinski definition) is 1. The molecular weight excluding hydrogens is 266 g/mol. The van der Waals surface area contributed by atoms with Gasteiger partial charge in [0.15, 0.2) is 0 Å². The highest BCUT2D eigenvalue weighted by molar-refractivity contribution is 5.15. The van der Waals surface area contributed by atoms with Gasteiger partial charge in [0.1, 0.15) is 0 Å². The van der Waals surface area contributed by atoms with Crippen molar-refractivity contribution in [3.05, 3.63) is 35.9 Å². The number of hydrogen-bond donors (Lipinski definition) is 0. The minimum Gasteiger partial charge on any atom is -0.306 e. The van der Waals surface area contributed by atoms with Gasteiger partial charge in [-0.2, -0.15) is 0 Å². The predicted molar refractivity (Wildman–Crippen MR) is 99.5 cm³/mol. The molecule has 0 bridgehead atoms. The van der Waals surface area contributed by atoms with Crippen LogP contribution in [-0.4, -0.2) is 25.0 Å². The standard InChI is InChI=1S/C21H37N/c1-4-5-6-7-8-9-10-11-15-18-21(22(2)3)19-20-16-13-12-14-17-20/h12-14,16-17,21H,4-11,15,18-19H2,1-3H3. The van der Waals surface area contributed by atoms with Gasteiger partial charge in [0.05, 0.1) is 0 Å². The first-order valence-electron chi connectivity index (χ1n) is 9.44. The summed E-state index contributed by atoms with van der Waals surface area (Å²) >= 11 is 0. The number of likely N-dealkylation sites (N-methyl/N-ethyl adjacent to an activating group) is 1. The first-order valence-corrected chi connectivity index (χ1v) is 9.44. The van der Waals surface area contributed by atoms with Crippen molar-refractivity contribution in [2.75, 3.05) is 14.1 Å². The van der Waals surface area contributed by atoms with Gasteiger partial charge in [-0.15, -0.1) is 0 Å². The Morgan fingerprint density at radius 2 is 1.32 bits per heavy atom. The maximum Gasteiger partial charge on any atom is 0.0130 e. The lowest BCUT2D eigenvalue weighted by Crippen LogP contribution is -2.30. The summed E-state index contributed by atoms with van der Waals surface area (Å²) in [4.78, 5) is 2.40. The normalized spacial score (nSPS) is 12.7. The molecule has 1 nitrogen and oxygen atoms in total. The molecule has 0 amide bonds. The van der Waals surface area contributed by atoms with Crippen molar-refractivity contribution >= 4 is 0 Å². The fourth-order valence-electron chi connectivity index (χ4n) is 3.12. The van der Waals surface area contributed by atoms with Crippen LogP contribution in [0.5, 0.6) is 0 Å². The van der Waals surface area contributed by atoms with Crippen LogP contribution in [0.3, 0.4) is 0 Å². The summed E-state index contributed by atoms with van der Waals surface area (Å²) in [5.41, 5.74) is 1.47. The molecule has 126 valence electrons. The van der Waals surface area contributed by atoms with Gasteiger partial charge in [0.25, 0.3) is 0 Å². The molecule has 0 heterocycles. The van der Waals surface area contributed by atoms with Crippen LogP contribution in [0.2, 0.25) is 0 Å². The zero-order valence-corrected chi connectivity index (χ0v) is 15.2. The highest BCUT2D eigenvalue weighted by Crippen LogP contribution is 2.15. The Balaban J connectivity index is 2.09. The molecule has 0 saturated heterocycles. The van der Waals surface area contributed by atoms with Crippen LogP contribution in [0.25, 0.3) is 0 Å². The average molecular weight is 304 g/mol. The van der Waals surface area contributed by atoms with Crippen molar-refractivity contribution in [1.82, 2.24) is 4.90 Å². The molecule has 1 rings (SSSR count). The van der Waals surface area contributed by atoms with E-state index >= 15 is 0 Å². The van der Waals surface area contributed by atoms with Crippen LogP contribution in [0.15, 0.2) is 30.3 Å². The molecule has 0 aliphatic rings. The Morgan fingerprint density at radius 1 is 0.773 bits per heavy atom. The number of unbranched alkanes of at least 4 members (excludes halogenated alkanes) is 8. The maximum absolute atomic E-state index is 2.40. The Morgan fingerprint density at radius 3 is 1.86 bits per heavy atom. The van der Waals surface area contributed by atoms with Gasteiger partial charge in [-0.1, -0.05) is 95.0 Å². The summed E-state index contributed by atoms with van der Waals surface area (Å²) in [6, 6.07) is 11.6. The molecule has 1 heteroatoms. The number of nitrogens with zero attached hydrogens (tertiary/aromatic N) is 1. The van der Waals surface area contributed by atoms with Crippen molar-refractivity contribution in [2.45, 2.75) is 83.6 Å². The highest BCUT2D eigenvalue weighted by atomic mass is 15.1. The lowest BCUT2D eigenvalue weighted by Gasteiger charge is -2.24. The quantitative estimate of drug-likeness (QED) is 0.399. The van der Waals surface area contributed by atoms with Crippen molar-refractivity contribution in [2.24, 2.45) is 0 Å². The van der Waals surface area contributed by atoms with Gasteiger partial charge < -0.3 is 4.90 Å². The van der Waals surface area contributed by atoms with E-state index in [9.17, 15) is 0 Å².